The van der Waals surface area contributed by atoms with Crippen molar-refractivity contribution in [3.8, 4) is 0 Å². The summed E-state index contributed by atoms with van der Waals surface area (Å²) in [5.41, 5.74) is -0.603. The average Bonchev–Trinajstić information content (AvgIpc) is 2.91. The molecule has 2 bridgehead atoms. The van der Waals surface area contributed by atoms with E-state index in [9.17, 15) is 9.59 Å². The van der Waals surface area contributed by atoms with Crippen LogP contribution in [0.4, 0.5) is 4.79 Å². The third-order valence-electron chi connectivity index (χ3n) is 4.22. The predicted molar refractivity (Wildman–Crippen MR) is 84.7 cm³/mol. The van der Waals surface area contributed by atoms with E-state index in [2.05, 4.69) is 20.9 Å². The van der Waals surface area contributed by atoms with Gasteiger partial charge in [-0.15, -0.1) is 0 Å². The van der Waals surface area contributed by atoms with Gasteiger partial charge < -0.3 is 4.74 Å². The monoisotopic (exact) mass is 366 g/mol. The minimum atomic E-state index is -0.711. The summed E-state index contributed by atoms with van der Waals surface area (Å²) in [5, 5.41) is 0. The lowest BCUT2D eigenvalue weighted by molar-refractivity contribution is -0.134. The minimum Gasteiger partial charge on any atom is -0.443 e. The second kappa shape index (κ2) is 5.05. The van der Waals surface area contributed by atoms with Crippen LogP contribution in [-0.2, 0) is 14.9 Å². The van der Waals surface area contributed by atoms with Crippen LogP contribution in [0.1, 0.15) is 39.3 Å². The first-order valence-corrected chi connectivity index (χ1v) is 8.28. The summed E-state index contributed by atoms with van der Waals surface area (Å²) in [6, 6.07) is 5.38. The molecule has 0 spiro atoms. The molecule has 1 aromatic heterocycles. The minimum absolute atomic E-state index is 0.0692. The van der Waals surface area contributed by atoms with Gasteiger partial charge in [-0.3, -0.25) is 9.78 Å². The van der Waals surface area contributed by atoms with E-state index in [0.717, 1.165) is 5.69 Å². The lowest BCUT2D eigenvalue weighted by Gasteiger charge is -2.34. The average molecular weight is 367 g/mol. The molecule has 0 N–H and O–H groups in total. The number of hydrogen-bond acceptors (Lipinski definition) is 4. The zero-order valence-corrected chi connectivity index (χ0v) is 14.5. The lowest BCUT2D eigenvalue weighted by Crippen LogP contribution is -2.51. The molecule has 22 heavy (non-hydrogen) atoms. The molecule has 1 aliphatic heterocycles. The van der Waals surface area contributed by atoms with Crippen LogP contribution < -0.4 is 0 Å². The molecule has 3 atom stereocenters. The van der Waals surface area contributed by atoms with Crippen LogP contribution in [0.3, 0.4) is 0 Å². The summed E-state index contributed by atoms with van der Waals surface area (Å²) in [6.45, 7) is 5.39. The Labute approximate surface area is 138 Å². The number of carbonyl (C=O) groups excluding carboxylic acids is 2. The Morgan fingerprint density at radius 2 is 2.14 bits per heavy atom. The van der Waals surface area contributed by atoms with Crippen molar-refractivity contribution in [1.82, 2.24) is 9.88 Å². The maximum atomic E-state index is 12.9. The largest absolute Gasteiger partial charge is 0.443 e. The highest BCUT2D eigenvalue weighted by Crippen LogP contribution is 2.52. The van der Waals surface area contributed by atoms with Crippen molar-refractivity contribution in [2.24, 2.45) is 0 Å². The number of piperidine rings is 1. The maximum absolute atomic E-state index is 12.9. The lowest BCUT2D eigenvalue weighted by atomic mass is 9.82. The number of amides is 2. The van der Waals surface area contributed by atoms with Crippen LogP contribution in [0.15, 0.2) is 24.4 Å². The van der Waals surface area contributed by atoms with Gasteiger partial charge in [0.25, 0.3) is 0 Å². The number of alkyl halides is 1. The number of fused-ring (bicyclic) bond motifs is 2. The summed E-state index contributed by atoms with van der Waals surface area (Å²) in [7, 11) is 0. The summed E-state index contributed by atoms with van der Waals surface area (Å²) in [6.07, 6.45) is 2.37. The number of rotatable bonds is 1. The van der Waals surface area contributed by atoms with Gasteiger partial charge in [-0.1, -0.05) is 22.0 Å². The maximum Gasteiger partial charge on any atom is 0.417 e. The number of halogens is 1. The highest BCUT2D eigenvalue weighted by Gasteiger charge is 2.64. The van der Waals surface area contributed by atoms with Gasteiger partial charge in [0, 0.05) is 11.0 Å². The molecule has 118 valence electrons. The molecule has 1 saturated heterocycles. The molecule has 0 aromatic carbocycles. The van der Waals surface area contributed by atoms with Crippen LogP contribution in [0.5, 0.6) is 0 Å². The Balaban J connectivity index is 1.94. The third kappa shape index (κ3) is 2.33. The molecule has 3 unspecified atom stereocenters. The Morgan fingerprint density at radius 3 is 2.73 bits per heavy atom. The zero-order valence-electron chi connectivity index (χ0n) is 12.9. The fourth-order valence-corrected chi connectivity index (χ4v) is 4.32. The summed E-state index contributed by atoms with van der Waals surface area (Å²) in [4.78, 5) is 31.1. The van der Waals surface area contributed by atoms with Crippen LogP contribution in [0.25, 0.3) is 0 Å². The zero-order chi connectivity index (χ0) is 16.1. The SMILES string of the molecule is CC(C)(C)OC(=O)N1C(=O)C2(c3ccccn3)CC(Br)C1C2. The highest BCUT2D eigenvalue weighted by molar-refractivity contribution is 9.09. The van der Waals surface area contributed by atoms with Crippen LogP contribution >= 0.6 is 15.9 Å². The number of carbonyl (C=O) groups is 2. The van der Waals surface area contributed by atoms with Crippen molar-refractivity contribution in [1.29, 1.82) is 0 Å². The number of pyridine rings is 1. The molecule has 2 heterocycles. The van der Waals surface area contributed by atoms with Gasteiger partial charge >= 0.3 is 6.09 Å². The Hall–Kier alpha value is -1.43. The molecule has 0 radical (unpaired) electrons. The van der Waals surface area contributed by atoms with E-state index in [1.807, 2.05) is 18.2 Å². The third-order valence-corrected chi connectivity index (χ3v) is 5.16. The quantitative estimate of drug-likeness (QED) is 0.716. The number of likely N-dealkylation sites (tertiary alicyclic amines) is 1. The van der Waals surface area contributed by atoms with E-state index in [1.165, 1.54) is 4.90 Å². The standard InChI is InChI=1S/C16H19BrN2O3/c1-15(2,3)22-14(21)19-11-9-16(13(19)20,8-10(11)17)12-6-4-5-7-18-12/h4-7,10-11H,8-9H2,1-3H3. The number of ether oxygens (including phenoxy) is 1. The summed E-state index contributed by atoms with van der Waals surface area (Å²) < 4.78 is 5.40. The van der Waals surface area contributed by atoms with Crippen molar-refractivity contribution < 1.29 is 14.3 Å². The first kappa shape index (κ1) is 15.5. The van der Waals surface area contributed by atoms with Gasteiger partial charge in [-0.25, -0.2) is 9.69 Å². The van der Waals surface area contributed by atoms with Crippen molar-refractivity contribution in [3.63, 3.8) is 0 Å². The molecule has 5 nitrogen and oxygen atoms in total. The second-order valence-electron chi connectivity index (χ2n) is 6.94. The molecule has 2 fully saturated rings. The highest BCUT2D eigenvalue weighted by atomic mass is 79.9. The first-order chi connectivity index (χ1) is 10.2. The molecule has 1 saturated carbocycles. The Morgan fingerprint density at radius 1 is 1.41 bits per heavy atom. The number of nitrogens with zero attached hydrogens (tertiary/aromatic N) is 2. The number of hydrogen-bond donors (Lipinski definition) is 0. The second-order valence-corrected chi connectivity index (χ2v) is 8.12. The number of imide groups is 1. The van der Waals surface area contributed by atoms with Gasteiger partial charge in [0.1, 0.15) is 5.60 Å². The van der Waals surface area contributed by atoms with Crippen LogP contribution in [0, 0.1) is 0 Å². The van der Waals surface area contributed by atoms with E-state index in [0.29, 0.717) is 12.8 Å². The Bertz CT molecular complexity index is 614. The fourth-order valence-electron chi connectivity index (χ4n) is 3.34. The van der Waals surface area contributed by atoms with Crippen molar-refractivity contribution in [2.75, 3.05) is 0 Å². The van der Waals surface area contributed by atoms with Gasteiger partial charge in [0.05, 0.1) is 17.2 Å². The molecule has 2 amide bonds. The van der Waals surface area contributed by atoms with Gasteiger partial charge in [0.15, 0.2) is 0 Å². The Kier molecular flexibility index (Phi) is 3.55. The number of aromatic nitrogens is 1. The molecule has 2 aliphatic rings. The smallest absolute Gasteiger partial charge is 0.417 e. The molecule has 3 rings (SSSR count). The van der Waals surface area contributed by atoms with E-state index in [4.69, 9.17) is 4.74 Å². The summed E-state index contributed by atoms with van der Waals surface area (Å²) >= 11 is 3.61. The topological polar surface area (TPSA) is 59.5 Å². The molecular formula is C16H19BrN2O3. The predicted octanol–water partition coefficient (Wildman–Crippen LogP) is 3.02. The van der Waals surface area contributed by atoms with Crippen molar-refractivity contribution >= 4 is 27.9 Å². The van der Waals surface area contributed by atoms with Gasteiger partial charge in [-0.05, 0) is 45.7 Å². The first-order valence-electron chi connectivity index (χ1n) is 7.37. The normalized spacial score (nSPS) is 30.7. The molecular weight excluding hydrogens is 348 g/mol. The van der Waals surface area contributed by atoms with Crippen LogP contribution in [0.2, 0.25) is 0 Å². The van der Waals surface area contributed by atoms with Crippen molar-refractivity contribution in [2.45, 2.75) is 55.5 Å². The fraction of sp³-hybridized carbons (Fsp3) is 0.562. The van der Waals surface area contributed by atoms with E-state index < -0.39 is 17.1 Å². The van der Waals surface area contributed by atoms with E-state index >= 15 is 0 Å². The van der Waals surface area contributed by atoms with Crippen LogP contribution in [-0.4, -0.2) is 38.4 Å². The molecule has 1 aromatic rings. The van der Waals surface area contributed by atoms with E-state index in [-0.39, 0.29) is 16.8 Å². The van der Waals surface area contributed by atoms with Crippen molar-refractivity contribution in [3.05, 3.63) is 30.1 Å². The van der Waals surface area contributed by atoms with E-state index in [1.54, 1.807) is 27.0 Å². The molecule has 6 heteroatoms. The molecule has 1 aliphatic carbocycles. The van der Waals surface area contributed by atoms with Gasteiger partial charge in [0.2, 0.25) is 5.91 Å². The van der Waals surface area contributed by atoms with Gasteiger partial charge in [-0.2, -0.15) is 0 Å². The summed E-state index contributed by atoms with van der Waals surface area (Å²) in [5.74, 6) is -0.193.